The second-order valence-corrected chi connectivity index (χ2v) is 5.46. The summed E-state index contributed by atoms with van der Waals surface area (Å²) in [5.74, 6) is 0.788. The van der Waals surface area contributed by atoms with Crippen molar-refractivity contribution in [3.63, 3.8) is 0 Å². The fourth-order valence-corrected chi connectivity index (χ4v) is 3.72. The first kappa shape index (κ1) is 11.1. The Morgan fingerprint density at radius 2 is 2.00 bits per heavy atom. The lowest BCUT2D eigenvalue weighted by molar-refractivity contribution is -0.130. The third kappa shape index (κ3) is 1.96. The molecule has 15 heavy (non-hydrogen) atoms. The Kier molecular flexibility index (Phi) is 3.15. The van der Waals surface area contributed by atoms with Gasteiger partial charge in [0.05, 0.1) is 6.10 Å². The van der Waals surface area contributed by atoms with Crippen molar-refractivity contribution in [1.82, 2.24) is 0 Å². The quantitative estimate of drug-likeness (QED) is 0.722. The summed E-state index contributed by atoms with van der Waals surface area (Å²) in [5.41, 5.74) is -0.153. The Labute approximate surface area is 92.1 Å². The van der Waals surface area contributed by atoms with E-state index < -0.39 is 0 Å². The third-order valence-corrected chi connectivity index (χ3v) is 4.56. The Morgan fingerprint density at radius 1 is 1.27 bits per heavy atom. The second kappa shape index (κ2) is 4.25. The minimum atomic E-state index is -0.225. The Hall–Kier alpha value is -0.370. The highest BCUT2D eigenvalue weighted by molar-refractivity contribution is 5.83. The summed E-state index contributed by atoms with van der Waals surface area (Å²) < 4.78 is 0. The minimum Gasteiger partial charge on any atom is -0.393 e. The molecule has 0 spiro atoms. The van der Waals surface area contributed by atoms with Gasteiger partial charge in [0.25, 0.3) is 0 Å². The average molecular weight is 210 g/mol. The molecule has 2 aliphatic carbocycles. The Bertz CT molecular complexity index is 249. The molecule has 0 aromatic heterocycles. The van der Waals surface area contributed by atoms with E-state index in [1.807, 2.05) is 0 Å². The number of Topliss-reactive ketones (excluding diaryl/α,β-unsaturated/α-hetero) is 1. The van der Waals surface area contributed by atoms with E-state index in [0.29, 0.717) is 11.7 Å². The Morgan fingerprint density at radius 3 is 2.73 bits per heavy atom. The van der Waals surface area contributed by atoms with Gasteiger partial charge in [-0.3, -0.25) is 4.79 Å². The molecule has 0 aromatic rings. The van der Waals surface area contributed by atoms with Crippen LogP contribution in [0.4, 0.5) is 0 Å². The van der Waals surface area contributed by atoms with E-state index in [9.17, 15) is 9.90 Å². The summed E-state index contributed by atoms with van der Waals surface area (Å²) >= 11 is 0. The van der Waals surface area contributed by atoms with E-state index in [2.05, 4.69) is 0 Å². The molecule has 0 heterocycles. The largest absolute Gasteiger partial charge is 0.393 e. The minimum absolute atomic E-state index is 0.153. The van der Waals surface area contributed by atoms with Crippen molar-refractivity contribution in [1.29, 1.82) is 0 Å². The molecule has 2 nitrogen and oxygen atoms in total. The molecule has 0 unspecified atom stereocenters. The van der Waals surface area contributed by atoms with Gasteiger partial charge in [-0.15, -0.1) is 0 Å². The number of carbonyl (C=O) groups excluding carboxylic acids is 1. The van der Waals surface area contributed by atoms with Gasteiger partial charge in [0.15, 0.2) is 0 Å². The van der Waals surface area contributed by atoms with E-state index in [1.54, 1.807) is 6.92 Å². The molecule has 3 atom stereocenters. The lowest BCUT2D eigenvalue weighted by atomic mass is 9.68. The van der Waals surface area contributed by atoms with Crippen molar-refractivity contribution in [3.8, 4) is 0 Å². The molecule has 0 amide bonds. The van der Waals surface area contributed by atoms with E-state index in [-0.39, 0.29) is 11.5 Å². The van der Waals surface area contributed by atoms with Crippen LogP contribution >= 0.6 is 0 Å². The molecule has 0 bridgehead atoms. The fraction of sp³-hybridized carbons (Fsp3) is 0.923. The van der Waals surface area contributed by atoms with Gasteiger partial charge in [0.2, 0.25) is 0 Å². The van der Waals surface area contributed by atoms with E-state index in [0.717, 1.165) is 25.7 Å². The van der Waals surface area contributed by atoms with Gasteiger partial charge in [0, 0.05) is 5.41 Å². The lowest BCUT2D eigenvalue weighted by Crippen LogP contribution is -2.34. The first-order valence-corrected chi connectivity index (χ1v) is 6.34. The van der Waals surface area contributed by atoms with Crippen LogP contribution < -0.4 is 0 Å². The predicted molar refractivity (Wildman–Crippen MR) is 59.5 cm³/mol. The van der Waals surface area contributed by atoms with E-state index in [4.69, 9.17) is 0 Å². The maximum atomic E-state index is 11.9. The summed E-state index contributed by atoms with van der Waals surface area (Å²) in [7, 11) is 0. The van der Waals surface area contributed by atoms with E-state index >= 15 is 0 Å². The van der Waals surface area contributed by atoms with Gasteiger partial charge in [0.1, 0.15) is 5.78 Å². The first-order chi connectivity index (χ1) is 7.15. The molecule has 2 rings (SSSR count). The van der Waals surface area contributed by atoms with Crippen LogP contribution in [0, 0.1) is 11.3 Å². The highest BCUT2D eigenvalue weighted by Crippen LogP contribution is 2.51. The maximum absolute atomic E-state index is 11.9. The number of rotatable bonds is 1. The normalized spacial score (nSPS) is 41.7. The van der Waals surface area contributed by atoms with Crippen LogP contribution in [0.15, 0.2) is 0 Å². The summed E-state index contributed by atoms with van der Waals surface area (Å²) in [5, 5.41) is 9.81. The van der Waals surface area contributed by atoms with Gasteiger partial charge in [-0.05, 0) is 38.5 Å². The van der Waals surface area contributed by atoms with Gasteiger partial charge in [-0.1, -0.05) is 25.7 Å². The summed E-state index contributed by atoms with van der Waals surface area (Å²) in [4.78, 5) is 11.9. The molecule has 0 radical (unpaired) electrons. The summed E-state index contributed by atoms with van der Waals surface area (Å²) in [6.45, 7) is 1.73. The maximum Gasteiger partial charge on any atom is 0.136 e. The van der Waals surface area contributed by atoms with Gasteiger partial charge in [-0.25, -0.2) is 0 Å². The number of fused-ring (bicyclic) bond motifs is 1. The SMILES string of the molecule is CC(=O)[C@]12CCCCCC[C@H]1C[C@@H](O)C2. The molecule has 0 aromatic carbocycles. The highest BCUT2D eigenvalue weighted by Gasteiger charge is 2.49. The van der Waals surface area contributed by atoms with Gasteiger partial charge >= 0.3 is 0 Å². The summed E-state index contributed by atoms with van der Waals surface area (Å²) in [6, 6.07) is 0. The zero-order valence-corrected chi connectivity index (χ0v) is 9.67. The number of ketones is 1. The van der Waals surface area contributed by atoms with Crippen molar-refractivity contribution in [2.45, 2.75) is 64.4 Å². The van der Waals surface area contributed by atoms with Crippen molar-refractivity contribution in [2.75, 3.05) is 0 Å². The molecular weight excluding hydrogens is 188 g/mol. The van der Waals surface area contributed by atoms with Gasteiger partial charge < -0.3 is 5.11 Å². The topological polar surface area (TPSA) is 37.3 Å². The van der Waals surface area contributed by atoms with Crippen LogP contribution in [-0.2, 0) is 4.79 Å². The standard InChI is InChI=1S/C13H22O2/c1-10(14)13-7-5-3-2-4-6-11(13)8-12(15)9-13/h11-12,15H,2-9H2,1H3/t11-,12+,13+/m0/s1. The number of hydrogen-bond donors (Lipinski definition) is 1. The van der Waals surface area contributed by atoms with Crippen molar-refractivity contribution in [3.05, 3.63) is 0 Å². The predicted octanol–water partition coefficient (Wildman–Crippen LogP) is 2.69. The molecule has 2 aliphatic rings. The fourth-order valence-electron chi connectivity index (χ4n) is 3.72. The van der Waals surface area contributed by atoms with Crippen LogP contribution in [0.3, 0.4) is 0 Å². The molecule has 1 N–H and O–H groups in total. The molecule has 2 saturated carbocycles. The average Bonchev–Trinajstić information content (AvgIpc) is 2.44. The number of hydrogen-bond acceptors (Lipinski definition) is 2. The number of aliphatic hydroxyl groups excluding tert-OH is 1. The van der Waals surface area contributed by atoms with Crippen molar-refractivity contribution >= 4 is 5.78 Å². The van der Waals surface area contributed by atoms with Crippen molar-refractivity contribution in [2.24, 2.45) is 11.3 Å². The zero-order chi connectivity index (χ0) is 10.9. The second-order valence-electron chi connectivity index (χ2n) is 5.46. The molecule has 2 heteroatoms. The molecule has 86 valence electrons. The third-order valence-electron chi connectivity index (χ3n) is 4.56. The van der Waals surface area contributed by atoms with Crippen LogP contribution in [0.5, 0.6) is 0 Å². The van der Waals surface area contributed by atoms with Crippen LogP contribution in [0.25, 0.3) is 0 Å². The van der Waals surface area contributed by atoms with Crippen LogP contribution in [0.1, 0.15) is 58.3 Å². The molecule has 2 fully saturated rings. The van der Waals surface area contributed by atoms with Gasteiger partial charge in [-0.2, -0.15) is 0 Å². The number of carbonyl (C=O) groups is 1. The molecule has 0 aliphatic heterocycles. The Balaban J connectivity index is 2.21. The first-order valence-electron chi connectivity index (χ1n) is 6.34. The molecular formula is C13H22O2. The number of aliphatic hydroxyl groups is 1. The summed E-state index contributed by atoms with van der Waals surface area (Å²) in [6.07, 6.45) is 8.51. The van der Waals surface area contributed by atoms with E-state index in [1.165, 1.54) is 25.7 Å². The van der Waals surface area contributed by atoms with Crippen molar-refractivity contribution < 1.29 is 9.90 Å². The molecule has 0 saturated heterocycles. The smallest absolute Gasteiger partial charge is 0.136 e. The highest BCUT2D eigenvalue weighted by atomic mass is 16.3. The van der Waals surface area contributed by atoms with Crippen LogP contribution in [-0.4, -0.2) is 17.0 Å². The van der Waals surface area contributed by atoms with Crippen LogP contribution in [0.2, 0.25) is 0 Å². The lowest BCUT2D eigenvalue weighted by Gasteiger charge is -2.34. The zero-order valence-electron chi connectivity index (χ0n) is 9.67. The monoisotopic (exact) mass is 210 g/mol.